The maximum Gasteiger partial charge on any atom is 0.418 e. The average Bonchev–Trinajstić information content (AvgIpc) is 1.92. The molecular weight excluding hydrogens is 174 g/mol. The Kier molecular flexibility index (Phi) is 2.12. The molecule has 1 aliphatic carbocycles. The van der Waals surface area contributed by atoms with Crippen molar-refractivity contribution in [2.24, 2.45) is 5.73 Å². The van der Waals surface area contributed by atoms with E-state index in [4.69, 9.17) is 5.73 Å². The minimum Gasteiger partial charge on any atom is -0.399 e. The van der Waals surface area contributed by atoms with Crippen molar-refractivity contribution in [1.82, 2.24) is 0 Å². The molecule has 0 aromatic heterocycles. The lowest BCUT2D eigenvalue weighted by molar-refractivity contribution is -0.0899. The SMILES string of the molecule is NC1=C(C(F)(F)F)C=CCC1F. The lowest BCUT2D eigenvalue weighted by Crippen LogP contribution is -2.24. The zero-order valence-corrected chi connectivity index (χ0v) is 6.03. The van der Waals surface area contributed by atoms with Crippen molar-refractivity contribution < 1.29 is 17.6 Å². The summed E-state index contributed by atoms with van der Waals surface area (Å²) in [5.74, 6) is 0. The molecule has 1 atom stereocenters. The van der Waals surface area contributed by atoms with E-state index in [1.54, 1.807) is 0 Å². The minimum atomic E-state index is -4.55. The minimum absolute atomic E-state index is 0.0780. The molecule has 0 spiro atoms. The first-order chi connectivity index (χ1) is 5.43. The zero-order chi connectivity index (χ0) is 9.35. The highest BCUT2D eigenvalue weighted by Crippen LogP contribution is 2.32. The summed E-state index contributed by atoms with van der Waals surface area (Å²) in [5.41, 5.74) is 3.16. The quantitative estimate of drug-likeness (QED) is 0.568. The van der Waals surface area contributed by atoms with Crippen molar-refractivity contribution in [3.8, 4) is 0 Å². The fraction of sp³-hybridized carbons (Fsp3) is 0.429. The van der Waals surface area contributed by atoms with Crippen LogP contribution in [0.1, 0.15) is 6.42 Å². The number of nitrogens with two attached hydrogens (primary N) is 1. The molecule has 0 heterocycles. The first-order valence-corrected chi connectivity index (χ1v) is 3.30. The van der Waals surface area contributed by atoms with E-state index >= 15 is 0 Å². The molecule has 1 aliphatic rings. The number of rotatable bonds is 0. The zero-order valence-electron chi connectivity index (χ0n) is 6.03. The van der Waals surface area contributed by atoms with E-state index in [2.05, 4.69) is 0 Å². The fourth-order valence-electron chi connectivity index (χ4n) is 0.955. The summed E-state index contributed by atoms with van der Waals surface area (Å²) in [6, 6.07) is 0. The van der Waals surface area contributed by atoms with E-state index in [-0.39, 0.29) is 6.42 Å². The standard InChI is InChI=1S/C7H7F4N/c8-5-3-1-2-4(6(5)12)7(9,10)11/h1-2,5H,3,12H2. The van der Waals surface area contributed by atoms with Gasteiger partial charge in [0, 0.05) is 6.42 Å². The maximum atomic E-state index is 12.6. The average molecular weight is 181 g/mol. The second-order valence-electron chi connectivity index (χ2n) is 2.47. The Morgan fingerprint density at radius 2 is 2.00 bits per heavy atom. The molecule has 1 nitrogen and oxygen atoms in total. The van der Waals surface area contributed by atoms with Gasteiger partial charge in [-0.15, -0.1) is 0 Å². The first kappa shape index (κ1) is 9.09. The van der Waals surface area contributed by atoms with Gasteiger partial charge in [0.25, 0.3) is 0 Å². The van der Waals surface area contributed by atoms with Gasteiger partial charge in [-0.3, -0.25) is 0 Å². The Morgan fingerprint density at radius 3 is 2.42 bits per heavy atom. The number of halogens is 4. The molecule has 0 aromatic rings. The summed E-state index contributed by atoms with van der Waals surface area (Å²) in [6.45, 7) is 0. The van der Waals surface area contributed by atoms with Crippen molar-refractivity contribution >= 4 is 0 Å². The summed E-state index contributed by atoms with van der Waals surface area (Å²) in [6.07, 6.45) is -4.39. The second kappa shape index (κ2) is 2.80. The van der Waals surface area contributed by atoms with Gasteiger partial charge in [-0.25, -0.2) is 4.39 Å². The van der Waals surface area contributed by atoms with Crippen molar-refractivity contribution in [3.63, 3.8) is 0 Å². The van der Waals surface area contributed by atoms with E-state index in [1.807, 2.05) is 0 Å². The van der Waals surface area contributed by atoms with Crippen LogP contribution in [0.4, 0.5) is 17.6 Å². The third kappa shape index (κ3) is 1.60. The van der Waals surface area contributed by atoms with E-state index in [0.717, 1.165) is 12.2 Å². The van der Waals surface area contributed by atoms with Crippen LogP contribution >= 0.6 is 0 Å². The second-order valence-corrected chi connectivity index (χ2v) is 2.47. The predicted molar refractivity (Wildman–Crippen MR) is 35.9 cm³/mol. The van der Waals surface area contributed by atoms with Gasteiger partial charge >= 0.3 is 6.18 Å². The molecule has 0 saturated heterocycles. The van der Waals surface area contributed by atoms with Crippen LogP contribution in [0.25, 0.3) is 0 Å². The number of alkyl halides is 4. The number of allylic oxidation sites excluding steroid dienone is 4. The molecule has 68 valence electrons. The van der Waals surface area contributed by atoms with Crippen LogP contribution in [-0.2, 0) is 0 Å². The van der Waals surface area contributed by atoms with Crippen molar-refractivity contribution in [1.29, 1.82) is 0 Å². The number of hydrogen-bond donors (Lipinski definition) is 1. The van der Waals surface area contributed by atoms with E-state index in [0.29, 0.717) is 0 Å². The van der Waals surface area contributed by atoms with Crippen molar-refractivity contribution in [3.05, 3.63) is 23.4 Å². The molecule has 0 bridgehead atoms. The van der Waals surface area contributed by atoms with Crippen molar-refractivity contribution in [2.75, 3.05) is 0 Å². The van der Waals surface area contributed by atoms with Gasteiger partial charge in [0.15, 0.2) is 0 Å². The lowest BCUT2D eigenvalue weighted by Gasteiger charge is -2.17. The van der Waals surface area contributed by atoms with Gasteiger partial charge < -0.3 is 5.73 Å². The molecule has 1 rings (SSSR count). The highest BCUT2D eigenvalue weighted by molar-refractivity contribution is 5.34. The monoisotopic (exact) mass is 181 g/mol. The first-order valence-electron chi connectivity index (χ1n) is 3.30. The smallest absolute Gasteiger partial charge is 0.399 e. The van der Waals surface area contributed by atoms with Crippen LogP contribution in [0.3, 0.4) is 0 Å². The molecule has 0 amide bonds. The normalized spacial score (nSPS) is 24.8. The van der Waals surface area contributed by atoms with Crippen LogP contribution in [0, 0.1) is 0 Å². The maximum absolute atomic E-state index is 12.6. The van der Waals surface area contributed by atoms with Crippen LogP contribution in [0.2, 0.25) is 0 Å². The third-order valence-corrected chi connectivity index (χ3v) is 1.58. The molecule has 2 N–H and O–H groups in total. The summed E-state index contributed by atoms with van der Waals surface area (Å²) < 4.78 is 48.7. The Hall–Kier alpha value is -1.00. The Morgan fingerprint density at radius 1 is 1.42 bits per heavy atom. The molecule has 0 aliphatic heterocycles. The topological polar surface area (TPSA) is 26.0 Å². The van der Waals surface area contributed by atoms with E-state index < -0.39 is 23.6 Å². The van der Waals surface area contributed by atoms with Crippen molar-refractivity contribution in [2.45, 2.75) is 18.8 Å². The van der Waals surface area contributed by atoms with Crippen LogP contribution in [0.5, 0.6) is 0 Å². The van der Waals surface area contributed by atoms with Crippen LogP contribution in [0.15, 0.2) is 23.4 Å². The summed E-state index contributed by atoms with van der Waals surface area (Å²) in [4.78, 5) is 0. The van der Waals surface area contributed by atoms with Gasteiger partial charge in [0.2, 0.25) is 0 Å². The summed E-state index contributed by atoms with van der Waals surface area (Å²) in [7, 11) is 0. The van der Waals surface area contributed by atoms with E-state index in [1.165, 1.54) is 0 Å². The molecular formula is C7H7F4N. The Bertz CT molecular complexity index is 238. The highest BCUT2D eigenvalue weighted by Gasteiger charge is 2.37. The fourth-order valence-corrected chi connectivity index (χ4v) is 0.955. The van der Waals surface area contributed by atoms with Gasteiger partial charge in [-0.2, -0.15) is 13.2 Å². The largest absolute Gasteiger partial charge is 0.418 e. The van der Waals surface area contributed by atoms with E-state index in [9.17, 15) is 17.6 Å². The van der Waals surface area contributed by atoms with Gasteiger partial charge in [-0.05, 0) is 0 Å². The molecule has 0 saturated carbocycles. The van der Waals surface area contributed by atoms with Gasteiger partial charge in [0.1, 0.15) is 6.17 Å². The van der Waals surface area contributed by atoms with Crippen LogP contribution < -0.4 is 5.73 Å². The molecule has 0 radical (unpaired) electrons. The highest BCUT2D eigenvalue weighted by atomic mass is 19.4. The Labute approximate surface area is 66.5 Å². The Balaban J connectivity index is 3.02. The summed E-state index contributed by atoms with van der Waals surface area (Å²) >= 11 is 0. The molecule has 1 unspecified atom stereocenters. The summed E-state index contributed by atoms with van der Waals surface area (Å²) in [5, 5.41) is 0. The predicted octanol–water partition coefficient (Wildman–Crippen LogP) is 2.06. The van der Waals surface area contributed by atoms with Gasteiger partial charge in [-0.1, -0.05) is 12.2 Å². The molecule has 0 fully saturated rings. The number of hydrogen-bond acceptors (Lipinski definition) is 1. The lowest BCUT2D eigenvalue weighted by atomic mass is 10.0. The molecule has 12 heavy (non-hydrogen) atoms. The molecule has 5 heteroatoms. The molecule has 0 aromatic carbocycles. The van der Waals surface area contributed by atoms with Gasteiger partial charge in [0.05, 0.1) is 11.3 Å². The van der Waals surface area contributed by atoms with Crippen LogP contribution in [-0.4, -0.2) is 12.3 Å². The third-order valence-electron chi connectivity index (χ3n) is 1.58.